The van der Waals surface area contributed by atoms with Crippen molar-refractivity contribution in [1.82, 2.24) is 30.1 Å². The first-order chi connectivity index (χ1) is 16.7. The number of fused-ring (bicyclic) bond motifs is 1. The molecule has 4 aromatic rings. The molecule has 1 fully saturated rings. The summed E-state index contributed by atoms with van der Waals surface area (Å²) >= 11 is 0. The maximum atomic E-state index is 13.3. The van der Waals surface area contributed by atoms with Crippen LogP contribution in [0, 0.1) is 0 Å². The average Bonchev–Trinajstić information content (AvgIpc) is 3.33. The molecule has 1 saturated heterocycles. The largest absolute Gasteiger partial charge is 0.497 e. The maximum Gasteiger partial charge on any atom is 0.253 e. The number of hydrogen-bond acceptors (Lipinski definition) is 7. The molecule has 0 saturated carbocycles. The summed E-state index contributed by atoms with van der Waals surface area (Å²) in [6.45, 7) is 5.18. The van der Waals surface area contributed by atoms with Gasteiger partial charge in [-0.2, -0.15) is 0 Å². The van der Waals surface area contributed by atoms with Gasteiger partial charge in [-0.15, -0.1) is 5.10 Å². The van der Waals surface area contributed by atoms with Crippen LogP contribution in [-0.4, -0.2) is 63.5 Å². The normalized spacial score (nSPS) is 15.5. The number of nitrogens with zero attached hydrogens (tertiary/aromatic N) is 5. The summed E-state index contributed by atoms with van der Waals surface area (Å²) in [4.78, 5) is 18.6. The molecule has 2 aromatic heterocycles. The topological polar surface area (TPSA) is 98.2 Å². The van der Waals surface area contributed by atoms with E-state index in [1.807, 2.05) is 42.5 Å². The molecule has 9 nitrogen and oxygen atoms in total. The highest BCUT2D eigenvalue weighted by atomic mass is 16.5. The van der Waals surface area contributed by atoms with E-state index in [0.717, 1.165) is 28.6 Å². The van der Waals surface area contributed by atoms with Gasteiger partial charge in [0, 0.05) is 24.2 Å². The Morgan fingerprint density at radius 1 is 1.09 bits per heavy atom. The molecule has 2 aromatic carbocycles. The molecule has 1 N–H and O–H groups in total. The Morgan fingerprint density at radius 2 is 1.85 bits per heavy atom. The molecule has 5 rings (SSSR count). The van der Waals surface area contributed by atoms with Crippen LogP contribution >= 0.6 is 0 Å². The number of tetrazole rings is 1. The third kappa shape index (κ3) is 4.44. The van der Waals surface area contributed by atoms with Gasteiger partial charge in [0.05, 0.1) is 26.9 Å². The second-order valence-electron chi connectivity index (χ2n) is 8.42. The van der Waals surface area contributed by atoms with Gasteiger partial charge in [0.25, 0.3) is 5.56 Å². The van der Waals surface area contributed by atoms with Crippen molar-refractivity contribution in [3.63, 3.8) is 0 Å². The van der Waals surface area contributed by atoms with Crippen LogP contribution in [0.4, 0.5) is 0 Å². The van der Waals surface area contributed by atoms with Crippen molar-refractivity contribution in [2.45, 2.75) is 25.9 Å². The smallest absolute Gasteiger partial charge is 0.253 e. The van der Waals surface area contributed by atoms with E-state index in [2.05, 4.69) is 38.4 Å². The van der Waals surface area contributed by atoms with Gasteiger partial charge in [-0.1, -0.05) is 25.1 Å². The zero-order valence-electron chi connectivity index (χ0n) is 19.4. The number of nitrogens with one attached hydrogen (secondary N) is 1. The fraction of sp³-hybridized carbons (Fsp3) is 0.360. The zero-order valence-corrected chi connectivity index (χ0v) is 19.4. The van der Waals surface area contributed by atoms with Gasteiger partial charge in [0.15, 0.2) is 5.82 Å². The van der Waals surface area contributed by atoms with Gasteiger partial charge in [-0.25, -0.2) is 4.68 Å². The quantitative estimate of drug-likeness (QED) is 0.453. The maximum absolute atomic E-state index is 13.3. The van der Waals surface area contributed by atoms with Gasteiger partial charge in [-0.05, 0) is 63.7 Å². The van der Waals surface area contributed by atoms with Crippen LogP contribution in [0.25, 0.3) is 10.9 Å². The third-order valence-corrected chi connectivity index (χ3v) is 6.35. The first-order valence-electron chi connectivity index (χ1n) is 11.5. The summed E-state index contributed by atoms with van der Waals surface area (Å²) in [5.74, 6) is 1.43. The molecule has 34 heavy (non-hydrogen) atoms. The van der Waals surface area contributed by atoms with E-state index < -0.39 is 6.04 Å². The van der Waals surface area contributed by atoms with Crippen LogP contribution in [0.1, 0.15) is 35.5 Å². The number of benzene rings is 2. The number of ether oxygens (including phenoxy) is 2. The van der Waals surface area contributed by atoms with E-state index in [1.165, 1.54) is 5.56 Å². The predicted molar refractivity (Wildman–Crippen MR) is 128 cm³/mol. The Labute approximate surface area is 197 Å². The minimum atomic E-state index is -0.393. The number of rotatable bonds is 7. The lowest BCUT2D eigenvalue weighted by molar-refractivity contribution is 0.0214. The van der Waals surface area contributed by atoms with E-state index in [1.54, 1.807) is 11.8 Å². The molecule has 1 aliphatic rings. The SMILES string of the molecule is CCc1ccc2[nH]c(=O)c([C@@H](c3nnnn3Cc3ccc(OC)cc3)N3CCOCC3)cc2c1. The minimum absolute atomic E-state index is 0.132. The van der Waals surface area contributed by atoms with Crippen molar-refractivity contribution in [2.24, 2.45) is 0 Å². The Kier molecular flexibility index (Phi) is 6.37. The molecule has 9 heteroatoms. The molecule has 0 unspecified atom stereocenters. The number of morpholine rings is 1. The van der Waals surface area contributed by atoms with Gasteiger partial charge in [0.1, 0.15) is 11.8 Å². The summed E-state index contributed by atoms with van der Waals surface area (Å²) in [5, 5.41) is 13.6. The number of methoxy groups -OCH3 is 1. The van der Waals surface area contributed by atoms with E-state index in [9.17, 15) is 4.79 Å². The summed E-state index contributed by atoms with van der Waals surface area (Å²) in [7, 11) is 1.64. The second-order valence-corrected chi connectivity index (χ2v) is 8.42. The van der Waals surface area contributed by atoms with Gasteiger partial charge < -0.3 is 14.5 Å². The molecule has 0 radical (unpaired) electrons. The first-order valence-corrected chi connectivity index (χ1v) is 11.5. The number of aromatic nitrogens is 5. The fourth-order valence-corrected chi connectivity index (χ4v) is 4.45. The van der Waals surface area contributed by atoms with E-state index in [-0.39, 0.29) is 5.56 Å². The van der Waals surface area contributed by atoms with Gasteiger partial charge in [-0.3, -0.25) is 9.69 Å². The lowest BCUT2D eigenvalue weighted by Crippen LogP contribution is -2.42. The summed E-state index contributed by atoms with van der Waals surface area (Å²) in [5.41, 5.74) is 3.58. The van der Waals surface area contributed by atoms with Crippen molar-refractivity contribution in [3.8, 4) is 5.75 Å². The van der Waals surface area contributed by atoms with E-state index in [0.29, 0.717) is 44.2 Å². The van der Waals surface area contributed by atoms with Gasteiger partial charge in [0.2, 0.25) is 0 Å². The highest BCUT2D eigenvalue weighted by molar-refractivity contribution is 5.80. The Hall–Kier alpha value is -3.56. The number of H-pyrrole nitrogens is 1. The molecule has 0 spiro atoms. The molecule has 1 atom stereocenters. The van der Waals surface area contributed by atoms with Crippen LogP contribution in [-0.2, 0) is 17.7 Å². The van der Waals surface area contributed by atoms with Crippen LogP contribution in [0.3, 0.4) is 0 Å². The molecule has 0 bridgehead atoms. The summed E-state index contributed by atoms with van der Waals surface area (Å²) in [6.07, 6.45) is 0.928. The van der Waals surface area contributed by atoms with E-state index in [4.69, 9.17) is 9.47 Å². The van der Waals surface area contributed by atoms with Crippen LogP contribution in [0.2, 0.25) is 0 Å². The second kappa shape index (κ2) is 9.74. The molecule has 176 valence electrons. The van der Waals surface area contributed by atoms with Crippen molar-refractivity contribution in [3.05, 3.63) is 81.4 Å². The van der Waals surface area contributed by atoms with Crippen LogP contribution in [0.15, 0.2) is 53.3 Å². The van der Waals surface area contributed by atoms with Crippen molar-refractivity contribution in [2.75, 3.05) is 33.4 Å². The molecule has 0 aliphatic carbocycles. The first kappa shape index (κ1) is 22.2. The lowest BCUT2D eigenvalue weighted by Gasteiger charge is -2.33. The highest BCUT2D eigenvalue weighted by Crippen LogP contribution is 2.28. The van der Waals surface area contributed by atoms with Crippen LogP contribution in [0.5, 0.6) is 5.75 Å². The standard InChI is InChI=1S/C25H28N6O3/c1-3-17-6-9-22-19(14-17)15-21(25(32)26-22)23(30-10-12-34-13-11-30)24-27-28-29-31(24)16-18-4-7-20(33-2)8-5-18/h4-9,14-15,23H,3,10-13,16H2,1-2H3,(H,26,32)/t23-/m0/s1. The Morgan fingerprint density at radius 3 is 2.59 bits per heavy atom. The van der Waals surface area contributed by atoms with Gasteiger partial charge >= 0.3 is 0 Å². The molecule has 1 aliphatic heterocycles. The Balaban J connectivity index is 1.58. The average molecular weight is 461 g/mol. The molecule has 0 amide bonds. The number of pyridine rings is 1. The number of hydrogen-bond donors (Lipinski definition) is 1. The Bertz CT molecular complexity index is 1320. The van der Waals surface area contributed by atoms with E-state index >= 15 is 0 Å². The monoisotopic (exact) mass is 460 g/mol. The lowest BCUT2D eigenvalue weighted by atomic mass is 10.0. The van der Waals surface area contributed by atoms with Crippen molar-refractivity contribution >= 4 is 10.9 Å². The number of aromatic amines is 1. The number of aryl methyl sites for hydroxylation is 1. The minimum Gasteiger partial charge on any atom is -0.497 e. The fourth-order valence-electron chi connectivity index (χ4n) is 4.45. The van der Waals surface area contributed by atoms with Crippen molar-refractivity contribution < 1.29 is 9.47 Å². The molecular weight excluding hydrogens is 432 g/mol. The summed E-state index contributed by atoms with van der Waals surface area (Å²) < 4.78 is 12.6. The van der Waals surface area contributed by atoms with Crippen molar-refractivity contribution in [1.29, 1.82) is 0 Å². The molecule has 3 heterocycles. The molecular formula is C25H28N6O3. The highest BCUT2D eigenvalue weighted by Gasteiger charge is 2.31. The third-order valence-electron chi connectivity index (χ3n) is 6.35. The van der Waals surface area contributed by atoms with Crippen LogP contribution < -0.4 is 10.3 Å². The summed E-state index contributed by atoms with van der Waals surface area (Å²) in [6, 6.07) is 15.5. The zero-order chi connectivity index (χ0) is 23.5. The predicted octanol–water partition coefficient (Wildman–Crippen LogP) is 2.56.